The van der Waals surface area contributed by atoms with Gasteiger partial charge in [0, 0.05) is 16.8 Å². The van der Waals surface area contributed by atoms with Crippen molar-refractivity contribution in [1.82, 2.24) is 10.2 Å². The summed E-state index contributed by atoms with van der Waals surface area (Å²) in [5.41, 5.74) is 2.57. The summed E-state index contributed by atoms with van der Waals surface area (Å²) in [5.74, 6) is 0. The molecule has 0 spiro atoms. The van der Waals surface area contributed by atoms with Crippen molar-refractivity contribution >= 4 is 11.6 Å². The van der Waals surface area contributed by atoms with Gasteiger partial charge in [0.2, 0.25) is 0 Å². The normalized spacial score (nSPS) is 12.7. The second kappa shape index (κ2) is 4.04. The van der Waals surface area contributed by atoms with Crippen molar-refractivity contribution in [3.63, 3.8) is 0 Å². The second-order valence-electron chi connectivity index (χ2n) is 3.44. The molecule has 4 heteroatoms. The van der Waals surface area contributed by atoms with E-state index in [-0.39, 0.29) is 0 Å². The Balaban J connectivity index is 2.38. The molecule has 2 rings (SSSR count). The van der Waals surface area contributed by atoms with Crippen LogP contribution < -0.4 is 0 Å². The Morgan fingerprint density at radius 1 is 1.47 bits per heavy atom. The first-order valence-corrected chi connectivity index (χ1v) is 4.99. The molecule has 0 bridgehead atoms. The van der Waals surface area contributed by atoms with E-state index in [2.05, 4.69) is 10.2 Å². The van der Waals surface area contributed by atoms with Crippen molar-refractivity contribution in [2.24, 2.45) is 0 Å². The number of halogens is 1. The lowest BCUT2D eigenvalue weighted by Gasteiger charge is -2.11. The van der Waals surface area contributed by atoms with Crippen LogP contribution in [-0.4, -0.2) is 15.3 Å². The smallest absolute Gasteiger partial charge is 0.107 e. The summed E-state index contributed by atoms with van der Waals surface area (Å²) < 4.78 is 0. The summed E-state index contributed by atoms with van der Waals surface area (Å²) in [6.07, 6.45) is 2.64. The number of hydrogen-bond acceptors (Lipinski definition) is 2. The van der Waals surface area contributed by atoms with Crippen molar-refractivity contribution in [2.75, 3.05) is 0 Å². The molecule has 0 aliphatic rings. The maximum absolute atomic E-state index is 10.0. The Bertz CT molecular complexity index is 454. The predicted octanol–water partition coefficient (Wildman–Crippen LogP) is 2.45. The minimum Gasteiger partial charge on any atom is -0.384 e. The molecule has 0 saturated heterocycles. The standard InChI is InChI=1S/C11H11ClN2O/c1-7-4-9(12)2-3-10(7)11(15)8-5-13-14-6-8/h2-6,11,15H,1H3,(H,13,14). The number of H-pyrrole nitrogens is 1. The molecule has 1 aromatic heterocycles. The molecule has 0 radical (unpaired) electrons. The zero-order valence-electron chi connectivity index (χ0n) is 8.24. The van der Waals surface area contributed by atoms with Crippen LogP contribution in [0.5, 0.6) is 0 Å². The molecule has 0 fully saturated rings. The molecule has 0 saturated carbocycles. The van der Waals surface area contributed by atoms with Crippen LogP contribution in [0.15, 0.2) is 30.6 Å². The van der Waals surface area contributed by atoms with Crippen molar-refractivity contribution in [3.05, 3.63) is 52.3 Å². The number of aryl methyl sites for hydroxylation is 1. The number of aliphatic hydroxyl groups is 1. The van der Waals surface area contributed by atoms with Gasteiger partial charge in [-0.05, 0) is 30.2 Å². The molecule has 0 amide bonds. The highest BCUT2D eigenvalue weighted by molar-refractivity contribution is 6.30. The summed E-state index contributed by atoms with van der Waals surface area (Å²) >= 11 is 5.85. The molecule has 1 heterocycles. The number of rotatable bonds is 2. The fraction of sp³-hybridized carbons (Fsp3) is 0.182. The Morgan fingerprint density at radius 3 is 2.87 bits per heavy atom. The number of benzene rings is 1. The average molecular weight is 223 g/mol. The zero-order valence-corrected chi connectivity index (χ0v) is 8.99. The van der Waals surface area contributed by atoms with E-state index >= 15 is 0 Å². The van der Waals surface area contributed by atoms with Gasteiger partial charge in [0.05, 0.1) is 6.20 Å². The van der Waals surface area contributed by atoms with Crippen molar-refractivity contribution in [1.29, 1.82) is 0 Å². The maximum atomic E-state index is 10.0. The molecular weight excluding hydrogens is 212 g/mol. The highest BCUT2D eigenvalue weighted by Crippen LogP contribution is 2.25. The van der Waals surface area contributed by atoms with Crippen LogP contribution in [0.1, 0.15) is 22.8 Å². The zero-order chi connectivity index (χ0) is 10.8. The first-order valence-electron chi connectivity index (χ1n) is 4.61. The number of nitrogens with zero attached hydrogens (tertiary/aromatic N) is 1. The van der Waals surface area contributed by atoms with Gasteiger partial charge in [-0.2, -0.15) is 5.10 Å². The van der Waals surface area contributed by atoms with Crippen LogP contribution >= 0.6 is 11.6 Å². The van der Waals surface area contributed by atoms with Gasteiger partial charge in [-0.3, -0.25) is 5.10 Å². The minimum atomic E-state index is -0.652. The summed E-state index contributed by atoms with van der Waals surface area (Å²) in [6.45, 7) is 1.92. The number of aromatic amines is 1. The van der Waals surface area contributed by atoms with Gasteiger partial charge in [0.1, 0.15) is 6.10 Å². The third-order valence-corrected chi connectivity index (χ3v) is 2.60. The molecule has 78 valence electrons. The molecule has 2 N–H and O–H groups in total. The molecule has 2 aromatic rings. The number of aliphatic hydroxyl groups excluding tert-OH is 1. The first kappa shape index (κ1) is 10.2. The van der Waals surface area contributed by atoms with Gasteiger partial charge >= 0.3 is 0 Å². The number of hydrogen-bond donors (Lipinski definition) is 2. The van der Waals surface area contributed by atoms with E-state index in [1.165, 1.54) is 0 Å². The van der Waals surface area contributed by atoms with Crippen LogP contribution in [0, 0.1) is 6.92 Å². The largest absolute Gasteiger partial charge is 0.384 e. The first-order chi connectivity index (χ1) is 7.18. The SMILES string of the molecule is Cc1cc(Cl)ccc1C(O)c1cn[nH]c1. The van der Waals surface area contributed by atoms with Crippen LogP contribution in [0.25, 0.3) is 0 Å². The van der Waals surface area contributed by atoms with Crippen molar-refractivity contribution in [3.8, 4) is 0 Å². The Morgan fingerprint density at radius 2 is 2.27 bits per heavy atom. The monoisotopic (exact) mass is 222 g/mol. The summed E-state index contributed by atoms with van der Waals surface area (Å²) in [7, 11) is 0. The van der Waals surface area contributed by atoms with Gasteiger partial charge in [0.25, 0.3) is 0 Å². The molecule has 1 unspecified atom stereocenters. The lowest BCUT2D eigenvalue weighted by Crippen LogP contribution is -2.00. The van der Waals surface area contributed by atoms with E-state index < -0.39 is 6.10 Å². The molecule has 1 atom stereocenters. The van der Waals surface area contributed by atoms with Crippen molar-refractivity contribution in [2.45, 2.75) is 13.0 Å². The molecular formula is C11H11ClN2O. The third-order valence-electron chi connectivity index (χ3n) is 2.36. The Kier molecular flexibility index (Phi) is 2.75. The van der Waals surface area contributed by atoms with E-state index in [1.54, 1.807) is 18.5 Å². The van der Waals surface area contributed by atoms with Crippen LogP contribution in [-0.2, 0) is 0 Å². The maximum Gasteiger partial charge on any atom is 0.107 e. The van der Waals surface area contributed by atoms with Gasteiger partial charge in [0.15, 0.2) is 0 Å². The van der Waals surface area contributed by atoms with E-state index in [0.717, 1.165) is 16.7 Å². The summed E-state index contributed by atoms with van der Waals surface area (Å²) in [5, 5.41) is 17.2. The quantitative estimate of drug-likeness (QED) is 0.820. The Hall–Kier alpha value is -1.32. The van der Waals surface area contributed by atoms with E-state index in [1.807, 2.05) is 19.1 Å². The van der Waals surface area contributed by atoms with Gasteiger partial charge in [-0.1, -0.05) is 17.7 Å². The molecule has 15 heavy (non-hydrogen) atoms. The van der Waals surface area contributed by atoms with E-state index in [4.69, 9.17) is 11.6 Å². The lowest BCUT2D eigenvalue weighted by atomic mass is 10.00. The summed E-state index contributed by atoms with van der Waals surface area (Å²) in [4.78, 5) is 0. The fourth-order valence-electron chi connectivity index (χ4n) is 1.54. The van der Waals surface area contributed by atoms with E-state index in [0.29, 0.717) is 5.02 Å². The summed E-state index contributed by atoms with van der Waals surface area (Å²) in [6, 6.07) is 5.43. The van der Waals surface area contributed by atoms with Gasteiger partial charge in [-0.25, -0.2) is 0 Å². The molecule has 0 aliphatic heterocycles. The van der Waals surface area contributed by atoms with E-state index in [9.17, 15) is 5.11 Å². The second-order valence-corrected chi connectivity index (χ2v) is 3.87. The van der Waals surface area contributed by atoms with Crippen molar-refractivity contribution < 1.29 is 5.11 Å². The molecule has 3 nitrogen and oxygen atoms in total. The fourth-order valence-corrected chi connectivity index (χ4v) is 1.76. The van der Waals surface area contributed by atoms with Crippen LogP contribution in [0.2, 0.25) is 5.02 Å². The predicted molar refractivity (Wildman–Crippen MR) is 58.8 cm³/mol. The van der Waals surface area contributed by atoms with Crippen LogP contribution in [0.3, 0.4) is 0 Å². The highest BCUT2D eigenvalue weighted by Gasteiger charge is 2.13. The topological polar surface area (TPSA) is 48.9 Å². The Labute approximate surface area is 92.7 Å². The van der Waals surface area contributed by atoms with Gasteiger partial charge < -0.3 is 5.11 Å². The third kappa shape index (κ3) is 2.03. The highest BCUT2D eigenvalue weighted by atomic mass is 35.5. The lowest BCUT2D eigenvalue weighted by molar-refractivity contribution is 0.219. The average Bonchev–Trinajstić information content (AvgIpc) is 2.69. The van der Waals surface area contributed by atoms with Crippen LogP contribution in [0.4, 0.5) is 0 Å². The minimum absolute atomic E-state index is 0.652. The molecule has 0 aliphatic carbocycles. The number of aromatic nitrogens is 2. The van der Waals surface area contributed by atoms with Gasteiger partial charge in [-0.15, -0.1) is 0 Å². The molecule has 1 aromatic carbocycles. The number of nitrogens with one attached hydrogen (secondary N) is 1.